The molecular formula is C32H33FN2O5. The Morgan fingerprint density at radius 2 is 1.73 bits per heavy atom. The molecule has 5 rings (SSSR count). The molecule has 0 aliphatic carbocycles. The van der Waals surface area contributed by atoms with Crippen molar-refractivity contribution in [3.05, 3.63) is 106 Å². The number of likely N-dealkylation sites (tertiary alicyclic amines) is 1. The van der Waals surface area contributed by atoms with E-state index >= 15 is 0 Å². The average Bonchev–Trinajstić information content (AvgIpc) is 3.22. The first-order chi connectivity index (χ1) is 19.4. The highest BCUT2D eigenvalue weighted by Gasteiger charge is 2.45. The van der Waals surface area contributed by atoms with Crippen molar-refractivity contribution < 1.29 is 28.6 Å². The van der Waals surface area contributed by atoms with E-state index in [0.717, 1.165) is 30.8 Å². The number of aliphatic hydroxyl groups excluding tert-OH is 1. The molecule has 208 valence electrons. The Kier molecular flexibility index (Phi) is 8.57. The van der Waals surface area contributed by atoms with Crippen molar-refractivity contribution in [2.45, 2.75) is 26.0 Å². The zero-order valence-corrected chi connectivity index (χ0v) is 22.5. The van der Waals surface area contributed by atoms with E-state index in [1.165, 1.54) is 17.0 Å². The van der Waals surface area contributed by atoms with Crippen LogP contribution in [0.15, 0.2) is 78.4 Å². The van der Waals surface area contributed by atoms with Crippen LogP contribution in [0.5, 0.6) is 5.75 Å². The summed E-state index contributed by atoms with van der Waals surface area (Å²) >= 11 is 0. The van der Waals surface area contributed by atoms with E-state index in [9.17, 15) is 19.1 Å². The molecule has 2 aliphatic heterocycles. The summed E-state index contributed by atoms with van der Waals surface area (Å²) in [7, 11) is 0. The SMILES string of the molecule is Cc1cccc(COc2ccc(/C(O)=C3\C(=O)C(=O)N(CCCN4CCOCC4)C3c3ccc(F)cc3)cc2)c1. The number of carbonyl (C=O) groups is 2. The second kappa shape index (κ2) is 12.4. The van der Waals surface area contributed by atoms with Crippen molar-refractivity contribution in [3.8, 4) is 5.75 Å². The van der Waals surface area contributed by atoms with Gasteiger partial charge in [-0.15, -0.1) is 0 Å². The predicted molar refractivity (Wildman–Crippen MR) is 149 cm³/mol. The Hall–Kier alpha value is -4.01. The van der Waals surface area contributed by atoms with E-state index in [4.69, 9.17) is 9.47 Å². The van der Waals surface area contributed by atoms with Crippen molar-refractivity contribution in [1.82, 2.24) is 9.80 Å². The van der Waals surface area contributed by atoms with Crippen LogP contribution in [0.2, 0.25) is 0 Å². The molecule has 2 fully saturated rings. The molecule has 7 nitrogen and oxygen atoms in total. The van der Waals surface area contributed by atoms with Gasteiger partial charge < -0.3 is 19.5 Å². The van der Waals surface area contributed by atoms with Crippen LogP contribution in [-0.4, -0.2) is 66.0 Å². The molecule has 40 heavy (non-hydrogen) atoms. The number of benzene rings is 3. The van der Waals surface area contributed by atoms with E-state index in [1.54, 1.807) is 36.4 Å². The molecule has 2 heterocycles. The van der Waals surface area contributed by atoms with Crippen LogP contribution >= 0.6 is 0 Å². The number of ketones is 1. The molecule has 0 bridgehead atoms. The Balaban J connectivity index is 1.38. The molecule has 0 spiro atoms. The van der Waals surface area contributed by atoms with Gasteiger partial charge >= 0.3 is 0 Å². The molecule has 0 radical (unpaired) electrons. The fourth-order valence-corrected chi connectivity index (χ4v) is 5.22. The Morgan fingerprint density at radius 3 is 2.42 bits per heavy atom. The molecule has 1 unspecified atom stereocenters. The van der Waals surface area contributed by atoms with Gasteiger partial charge in [0.25, 0.3) is 11.7 Å². The highest BCUT2D eigenvalue weighted by Crippen LogP contribution is 2.39. The van der Waals surface area contributed by atoms with Crippen LogP contribution in [0.25, 0.3) is 5.76 Å². The molecule has 1 N–H and O–H groups in total. The Morgan fingerprint density at radius 1 is 1.00 bits per heavy atom. The highest BCUT2D eigenvalue weighted by molar-refractivity contribution is 6.46. The summed E-state index contributed by atoms with van der Waals surface area (Å²) in [5, 5.41) is 11.3. The minimum absolute atomic E-state index is 0.00332. The number of amides is 1. The third-order valence-corrected chi connectivity index (χ3v) is 7.32. The number of carbonyl (C=O) groups excluding carboxylic acids is 2. The molecule has 0 aromatic heterocycles. The van der Waals surface area contributed by atoms with Crippen LogP contribution in [0.1, 0.15) is 34.7 Å². The fourth-order valence-electron chi connectivity index (χ4n) is 5.22. The molecular weight excluding hydrogens is 511 g/mol. The van der Waals surface area contributed by atoms with Crippen molar-refractivity contribution in [2.24, 2.45) is 0 Å². The van der Waals surface area contributed by atoms with Gasteiger partial charge in [0.1, 0.15) is 23.9 Å². The zero-order chi connectivity index (χ0) is 28.1. The quantitative estimate of drug-likeness (QED) is 0.236. The second-order valence-electron chi connectivity index (χ2n) is 10.2. The fraction of sp³-hybridized carbons (Fsp3) is 0.312. The van der Waals surface area contributed by atoms with Crippen molar-refractivity contribution in [1.29, 1.82) is 0 Å². The molecule has 2 saturated heterocycles. The standard InChI is InChI=1S/C32H33FN2O5/c1-22-4-2-5-23(20-22)21-40-27-12-8-25(9-13-27)30(36)28-29(24-6-10-26(33)11-7-24)35(32(38)31(28)37)15-3-14-34-16-18-39-19-17-34/h2,4-13,20,29,36H,3,14-19,21H2,1H3/b30-28+. The number of hydrogen-bond donors (Lipinski definition) is 1. The minimum Gasteiger partial charge on any atom is -0.507 e. The van der Waals surface area contributed by atoms with Crippen LogP contribution < -0.4 is 4.74 Å². The van der Waals surface area contributed by atoms with Gasteiger partial charge in [0.05, 0.1) is 24.8 Å². The smallest absolute Gasteiger partial charge is 0.295 e. The lowest BCUT2D eigenvalue weighted by molar-refractivity contribution is -0.140. The van der Waals surface area contributed by atoms with E-state index < -0.39 is 23.5 Å². The topological polar surface area (TPSA) is 79.3 Å². The molecule has 0 saturated carbocycles. The van der Waals surface area contributed by atoms with Gasteiger partial charge in [-0.25, -0.2) is 4.39 Å². The summed E-state index contributed by atoms with van der Waals surface area (Å²) in [5.74, 6) is -1.51. The van der Waals surface area contributed by atoms with Gasteiger partial charge in [-0.1, -0.05) is 42.0 Å². The Bertz CT molecular complexity index is 1380. The number of ether oxygens (including phenoxy) is 2. The third kappa shape index (κ3) is 6.24. The lowest BCUT2D eigenvalue weighted by atomic mass is 9.95. The number of nitrogens with zero attached hydrogens (tertiary/aromatic N) is 2. The maximum Gasteiger partial charge on any atom is 0.295 e. The number of hydrogen-bond acceptors (Lipinski definition) is 6. The summed E-state index contributed by atoms with van der Waals surface area (Å²) in [5.41, 5.74) is 3.14. The van der Waals surface area contributed by atoms with E-state index in [1.807, 2.05) is 25.1 Å². The molecule has 3 aromatic carbocycles. The van der Waals surface area contributed by atoms with E-state index in [2.05, 4.69) is 11.0 Å². The van der Waals surface area contributed by atoms with Gasteiger partial charge in [0.15, 0.2) is 0 Å². The van der Waals surface area contributed by atoms with Crippen molar-refractivity contribution in [2.75, 3.05) is 39.4 Å². The van der Waals surface area contributed by atoms with Crippen molar-refractivity contribution >= 4 is 17.4 Å². The van der Waals surface area contributed by atoms with Gasteiger partial charge in [-0.2, -0.15) is 0 Å². The zero-order valence-electron chi connectivity index (χ0n) is 22.5. The minimum atomic E-state index is -0.817. The summed E-state index contributed by atoms with van der Waals surface area (Å²) in [6.45, 7) is 6.50. The molecule has 1 amide bonds. The summed E-state index contributed by atoms with van der Waals surface area (Å²) in [4.78, 5) is 30.2. The van der Waals surface area contributed by atoms with E-state index in [0.29, 0.717) is 49.7 Å². The van der Waals surface area contributed by atoms with Crippen LogP contribution in [0, 0.1) is 12.7 Å². The average molecular weight is 545 g/mol. The molecule has 8 heteroatoms. The molecule has 1 atom stereocenters. The van der Waals surface area contributed by atoms with Gasteiger partial charge in [-0.05, 0) is 60.9 Å². The summed E-state index contributed by atoms with van der Waals surface area (Å²) in [6.07, 6.45) is 0.651. The van der Waals surface area contributed by atoms with Gasteiger partial charge in [0.2, 0.25) is 0 Å². The number of morpholine rings is 1. The lowest BCUT2D eigenvalue weighted by Crippen LogP contribution is -2.38. The lowest BCUT2D eigenvalue weighted by Gasteiger charge is -2.29. The first kappa shape index (κ1) is 27.6. The van der Waals surface area contributed by atoms with Crippen LogP contribution in [0.3, 0.4) is 0 Å². The first-order valence-corrected chi connectivity index (χ1v) is 13.5. The number of aliphatic hydroxyl groups is 1. The van der Waals surface area contributed by atoms with E-state index in [-0.39, 0.29) is 11.3 Å². The maximum atomic E-state index is 13.7. The number of rotatable bonds is 9. The molecule has 2 aliphatic rings. The van der Waals surface area contributed by atoms with Gasteiger partial charge in [0, 0.05) is 31.7 Å². The molecule has 3 aromatic rings. The third-order valence-electron chi connectivity index (χ3n) is 7.32. The number of aryl methyl sites for hydroxylation is 1. The number of halogens is 1. The van der Waals surface area contributed by atoms with Crippen molar-refractivity contribution in [3.63, 3.8) is 0 Å². The van der Waals surface area contributed by atoms with Gasteiger partial charge in [-0.3, -0.25) is 14.5 Å². The Labute approximate surface area is 233 Å². The monoisotopic (exact) mass is 544 g/mol. The predicted octanol–water partition coefficient (Wildman–Crippen LogP) is 4.86. The summed E-state index contributed by atoms with van der Waals surface area (Å²) in [6, 6.07) is 19.7. The number of Topliss-reactive ketones (excluding diaryl/α,β-unsaturated/α-hetero) is 1. The first-order valence-electron chi connectivity index (χ1n) is 13.5. The van der Waals surface area contributed by atoms with Crippen LogP contribution in [-0.2, 0) is 20.9 Å². The maximum absolute atomic E-state index is 13.7. The second-order valence-corrected chi connectivity index (χ2v) is 10.2. The highest BCUT2D eigenvalue weighted by atomic mass is 19.1. The van der Waals surface area contributed by atoms with Crippen LogP contribution in [0.4, 0.5) is 4.39 Å². The normalized spacial score (nSPS) is 19.2. The summed E-state index contributed by atoms with van der Waals surface area (Å²) < 4.78 is 25.0. The largest absolute Gasteiger partial charge is 0.507 e.